The van der Waals surface area contributed by atoms with Crippen molar-refractivity contribution in [2.45, 2.75) is 63.8 Å². The minimum absolute atomic E-state index is 0.0124. The van der Waals surface area contributed by atoms with Crippen LogP contribution in [0.5, 0.6) is 0 Å². The molecular weight excluding hydrogens is 343 g/mol. The number of hydrogen-bond donors (Lipinski definition) is 3. The highest BCUT2D eigenvalue weighted by Crippen LogP contribution is 2.40. The zero-order valence-corrected chi connectivity index (χ0v) is 15.4. The molecule has 6 nitrogen and oxygen atoms in total. The van der Waals surface area contributed by atoms with Gasteiger partial charge in [-0.3, -0.25) is 5.01 Å². The summed E-state index contributed by atoms with van der Waals surface area (Å²) in [5.41, 5.74) is 3.93. The van der Waals surface area contributed by atoms with E-state index in [0.717, 1.165) is 6.42 Å². The molecule has 2 fully saturated rings. The van der Waals surface area contributed by atoms with E-state index in [4.69, 9.17) is 9.31 Å². The maximum absolute atomic E-state index is 14.9. The molecule has 0 radical (unpaired) electrons. The van der Waals surface area contributed by atoms with Gasteiger partial charge in [0.25, 0.3) is 0 Å². The molecule has 1 aromatic carbocycles. The number of rotatable bonds is 3. The summed E-state index contributed by atoms with van der Waals surface area (Å²) in [5.74, 6) is -1.99. The van der Waals surface area contributed by atoms with Gasteiger partial charge in [0.1, 0.15) is 5.69 Å². The van der Waals surface area contributed by atoms with Gasteiger partial charge in [0.05, 0.1) is 29.0 Å². The van der Waals surface area contributed by atoms with E-state index in [1.807, 2.05) is 27.7 Å². The first-order valence-corrected chi connectivity index (χ1v) is 8.92. The number of nitrogens with one attached hydrogen (secondary N) is 2. The first-order chi connectivity index (χ1) is 12.0. The van der Waals surface area contributed by atoms with Crippen LogP contribution < -0.4 is 21.4 Å². The summed E-state index contributed by atoms with van der Waals surface area (Å²) in [6, 6.07) is 1.49. The van der Waals surface area contributed by atoms with Crippen molar-refractivity contribution in [1.29, 1.82) is 0 Å². The van der Waals surface area contributed by atoms with Gasteiger partial charge in [0.15, 0.2) is 11.6 Å². The first-order valence-electron chi connectivity index (χ1n) is 8.92. The molecule has 142 valence electrons. The molecule has 2 heterocycles. The van der Waals surface area contributed by atoms with E-state index < -0.39 is 35.6 Å². The fourth-order valence-corrected chi connectivity index (χ4v) is 3.48. The van der Waals surface area contributed by atoms with Crippen LogP contribution in [0.1, 0.15) is 47.0 Å². The second kappa shape index (κ2) is 5.54. The van der Waals surface area contributed by atoms with Gasteiger partial charge in [0, 0.05) is 5.46 Å². The van der Waals surface area contributed by atoms with E-state index in [-0.39, 0.29) is 17.7 Å². The number of nitrogens with zero attached hydrogens (tertiary/aromatic N) is 1. The Morgan fingerprint density at radius 2 is 1.77 bits per heavy atom. The van der Waals surface area contributed by atoms with Crippen LogP contribution >= 0.6 is 0 Å². The van der Waals surface area contributed by atoms with E-state index in [1.54, 1.807) is 0 Å². The van der Waals surface area contributed by atoms with Gasteiger partial charge in [-0.1, -0.05) is 0 Å². The molecule has 26 heavy (non-hydrogen) atoms. The summed E-state index contributed by atoms with van der Waals surface area (Å²) >= 11 is 0. The highest BCUT2D eigenvalue weighted by Gasteiger charge is 2.53. The molecule has 3 aliphatic rings. The molecule has 1 aromatic rings. The van der Waals surface area contributed by atoms with Crippen LogP contribution in [0.15, 0.2) is 6.07 Å². The van der Waals surface area contributed by atoms with Gasteiger partial charge >= 0.3 is 7.12 Å². The average molecular weight is 367 g/mol. The number of anilines is 2. The molecule has 0 atom stereocenters. The van der Waals surface area contributed by atoms with E-state index in [9.17, 15) is 13.9 Å². The van der Waals surface area contributed by atoms with Crippen molar-refractivity contribution in [2.24, 2.45) is 0 Å². The van der Waals surface area contributed by atoms with Crippen molar-refractivity contribution in [3.63, 3.8) is 0 Å². The van der Waals surface area contributed by atoms with Crippen molar-refractivity contribution in [3.05, 3.63) is 17.7 Å². The fourth-order valence-electron chi connectivity index (χ4n) is 3.48. The molecule has 0 aromatic heterocycles. The molecule has 0 unspecified atom stereocenters. The molecule has 0 amide bonds. The SMILES string of the molecule is CC1(C)OB(c2cc3c(c(F)c2F)N(CC2(O)CCC2)NN3)OC1(C)C. The van der Waals surface area contributed by atoms with Gasteiger partial charge < -0.3 is 19.8 Å². The molecule has 1 saturated carbocycles. The zero-order valence-electron chi connectivity index (χ0n) is 15.4. The topological polar surface area (TPSA) is 66.0 Å². The summed E-state index contributed by atoms with van der Waals surface area (Å²) in [5, 5.41) is 11.8. The second-order valence-electron chi connectivity index (χ2n) is 8.48. The summed E-state index contributed by atoms with van der Waals surface area (Å²) in [7, 11) is -0.994. The highest BCUT2D eigenvalue weighted by molar-refractivity contribution is 6.62. The lowest BCUT2D eigenvalue weighted by atomic mass is 9.78. The number of halogens is 2. The first kappa shape index (κ1) is 18.0. The quantitative estimate of drug-likeness (QED) is 0.709. The smallest absolute Gasteiger partial charge is 0.399 e. The molecular formula is C17H24BF2N3O3. The third-order valence-electron chi connectivity index (χ3n) is 6.05. The third-order valence-corrected chi connectivity index (χ3v) is 6.05. The third kappa shape index (κ3) is 2.60. The highest BCUT2D eigenvalue weighted by atomic mass is 19.2. The number of β-amino-alcohol motifs (C(OH)–C–C–N with tert-alkyl or cyclic N) is 1. The van der Waals surface area contributed by atoms with Crippen molar-refractivity contribution >= 4 is 24.0 Å². The summed E-state index contributed by atoms with van der Waals surface area (Å²) in [6.07, 6.45) is 2.23. The molecule has 0 spiro atoms. The second-order valence-corrected chi connectivity index (χ2v) is 8.48. The number of fused-ring (bicyclic) bond motifs is 1. The van der Waals surface area contributed by atoms with Crippen molar-refractivity contribution in [2.75, 3.05) is 17.0 Å². The molecule has 3 N–H and O–H groups in total. The van der Waals surface area contributed by atoms with Crippen LogP contribution in [0.4, 0.5) is 20.2 Å². The zero-order chi connectivity index (χ0) is 18.9. The Kier molecular flexibility index (Phi) is 3.83. The maximum Gasteiger partial charge on any atom is 0.498 e. The summed E-state index contributed by atoms with van der Waals surface area (Å²) in [6.45, 7) is 7.61. The van der Waals surface area contributed by atoms with Crippen molar-refractivity contribution in [1.82, 2.24) is 5.53 Å². The molecule has 1 saturated heterocycles. The molecule has 2 aliphatic heterocycles. The van der Waals surface area contributed by atoms with E-state index in [1.165, 1.54) is 11.1 Å². The minimum Gasteiger partial charge on any atom is -0.399 e. The molecule has 0 bridgehead atoms. The molecule has 4 rings (SSSR count). The van der Waals surface area contributed by atoms with Crippen LogP contribution in [0, 0.1) is 11.6 Å². The van der Waals surface area contributed by atoms with Gasteiger partial charge in [-0.25, -0.2) is 8.78 Å². The Morgan fingerprint density at radius 3 is 2.31 bits per heavy atom. The normalized spacial score (nSPS) is 25.0. The predicted octanol–water partition coefficient (Wildman–Crippen LogP) is 1.83. The van der Waals surface area contributed by atoms with Crippen LogP contribution in [0.3, 0.4) is 0 Å². The monoisotopic (exact) mass is 367 g/mol. The Balaban J connectivity index is 1.66. The Morgan fingerprint density at radius 1 is 1.15 bits per heavy atom. The van der Waals surface area contributed by atoms with E-state index in [0.29, 0.717) is 18.5 Å². The number of aliphatic hydroxyl groups is 1. The number of hydrogen-bond acceptors (Lipinski definition) is 6. The summed E-state index contributed by atoms with van der Waals surface area (Å²) in [4.78, 5) is 0. The van der Waals surface area contributed by atoms with Crippen LogP contribution in [0.25, 0.3) is 0 Å². The Hall–Kier alpha value is -1.42. The predicted molar refractivity (Wildman–Crippen MR) is 95.0 cm³/mol. The van der Waals surface area contributed by atoms with Crippen molar-refractivity contribution < 1.29 is 23.2 Å². The van der Waals surface area contributed by atoms with Gasteiger partial charge in [-0.15, -0.1) is 5.53 Å². The maximum atomic E-state index is 14.9. The van der Waals surface area contributed by atoms with Crippen LogP contribution in [-0.4, -0.2) is 35.6 Å². The van der Waals surface area contributed by atoms with Gasteiger partial charge in [-0.05, 0) is 53.0 Å². The van der Waals surface area contributed by atoms with Crippen LogP contribution in [-0.2, 0) is 9.31 Å². The van der Waals surface area contributed by atoms with Gasteiger partial charge in [-0.2, -0.15) is 0 Å². The van der Waals surface area contributed by atoms with Crippen molar-refractivity contribution in [3.8, 4) is 0 Å². The lowest BCUT2D eigenvalue weighted by Gasteiger charge is -2.39. The van der Waals surface area contributed by atoms with Gasteiger partial charge in [0.2, 0.25) is 0 Å². The molecule has 1 aliphatic carbocycles. The number of hydrazine groups is 2. The summed E-state index contributed by atoms with van der Waals surface area (Å²) < 4.78 is 41.4. The minimum atomic E-state index is -1.00. The Labute approximate surface area is 151 Å². The standard InChI is InChI=1S/C17H24BF2N3O3/c1-15(2)16(3,4)26-18(25-15)10-8-11-14(13(20)12(10)19)23(22-21-11)9-17(24)6-5-7-17/h8,21-22,24H,5-7,9H2,1-4H3. The Bertz CT molecular complexity index is 739. The van der Waals surface area contributed by atoms with E-state index in [2.05, 4.69) is 11.0 Å². The lowest BCUT2D eigenvalue weighted by molar-refractivity contribution is -0.0266. The lowest BCUT2D eigenvalue weighted by Crippen LogP contribution is -2.52. The van der Waals surface area contributed by atoms with E-state index >= 15 is 0 Å². The molecule has 9 heteroatoms. The number of benzene rings is 1. The average Bonchev–Trinajstić information content (AvgIpc) is 2.99. The largest absolute Gasteiger partial charge is 0.498 e. The van der Waals surface area contributed by atoms with Crippen LogP contribution in [0.2, 0.25) is 0 Å². The fraction of sp³-hybridized carbons (Fsp3) is 0.647.